The first-order valence-corrected chi connectivity index (χ1v) is 4.93. The molecule has 12 heavy (non-hydrogen) atoms. The van der Waals surface area contributed by atoms with E-state index in [2.05, 4.69) is 9.79 Å². The third-order valence-electron chi connectivity index (χ3n) is 1.46. The van der Waals surface area contributed by atoms with E-state index in [1.54, 1.807) is 0 Å². The van der Waals surface area contributed by atoms with E-state index < -0.39 is 9.84 Å². The van der Waals surface area contributed by atoms with Crippen LogP contribution < -0.4 is 4.90 Å². The summed E-state index contributed by atoms with van der Waals surface area (Å²) in [5.74, 6) is -0.0969. The van der Waals surface area contributed by atoms with Crippen molar-refractivity contribution in [3.63, 3.8) is 0 Å². The molecule has 0 bridgehead atoms. The Labute approximate surface area is 69.2 Å². The lowest BCUT2D eigenvalue weighted by atomic mass is 10.6. The average molecular weight is 192 g/mol. The molecular weight excluding hydrogens is 184 g/mol. The molecule has 1 heterocycles. The lowest BCUT2D eigenvalue weighted by Crippen LogP contribution is -2.26. The van der Waals surface area contributed by atoms with Gasteiger partial charge in [-0.2, -0.15) is 0 Å². The van der Waals surface area contributed by atoms with E-state index in [1.165, 1.54) is 13.8 Å². The molecule has 0 aliphatic rings. The highest BCUT2D eigenvalue weighted by molar-refractivity contribution is 7.91. The molecule has 1 aromatic heterocycles. The van der Waals surface area contributed by atoms with Crippen LogP contribution in [0.1, 0.15) is 12.6 Å². The van der Waals surface area contributed by atoms with Crippen molar-refractivity contribution in [2.24, 2.45) is 0 Å². The number of hydrogen-bond donors (Lipinski definition) is 0. The number of aromatic nitrogens is 2. The molecule has 0 aliphatic carbocycles. The van der Waals surface area contributed by atoms with Crippen molar-refractivity contribution in [3.8, 4) is 0 Å². The molecule has 0 unspecified atom stereocenters. The van der Waals surface area contributed by atoms with E-state index >= 15 is 0 Å². The Morgan fingerprint density at radius 1 is 1.67 bits per heavy atom. The van der Waals surface area contributed by atoms with Gasteiger partial charge in [0.15, 0.2) is 0 Å². The van der Waals surface area contributed by atoms with E-state index in [0.717, 1.165) is 0 Å². The lowest BCUT2D eigenvalue weighted by Gasteiger charge is -1.90. The zero-order valence-electron chi connectivity index (χ0n) is 6.64. The minimum absolute atomic E-state index is 0.0307. The predicted molar refractivity (Wildman–Crippen MR) is 37.9 cm³/mol. The first-order valence-electron chi connectivity index (χ1n) is 3.28. The van der Waals surface area contributed by atoms with Crippen molar-refractivity contribution in [2.45, 2.75) is 18.9 Å². The van der Waals surface area contributed by atoms with E-state index in [4.69, 9.17) is 0 Å². The number of nitrogens with zero attached hydrogens (tertiary/aromatic N) is 2. The smallest absolute Gasteiger partial charge is 0.334 e. The van der Waals surface area contributed by atoms with Gasteiger partial charge < -0.3 is 5.21 Å². The fourth-order valence-corrected chi connectivity index (χ4v) is 1.64. The Morgan fingerprint density at radius 2 is 2.25 bits per heavy atom. The van der Waals surface area contributed by atoms with Crippen LogP contribution in [0.3, 0.4) is 0 Å². The molecule has 1 aromatic rings. The molecule has 0 saturated heterocycles. The Morgan fingerprint density at radius 3 is 2.58 bits per heavy atom. The van der Waals surface area contributed by atoms with Crippen LogP contribution in [0.15, 0.2) is 9.65 Å². The highest BCUT2D eigenvalue weighted by atomic mass is 32.2. The van der Waals surface area contributed by atoms with E-state index in [9.17, 15) is 13.6 Å². The topological polar surface area (TPSA) is 87.1 Å². The van der Waals surface area contributed by atoms with Gasteiger partial charge in [-0.25, -0.2) is 8.42 Å². The van der Waals surface area contributed by atoms with Gasteiger partial charge in [0.25, 0.3) is 0 Å². The molecule has 0 saturated carbocycles. The van der Waals surface area contributed by atoms with Crippen molar-refractivity contribution in [2.75, 3.05) is 5.75 Å². The van der Waals surface area contributed by atoms with Gasteiger partial charge in [-0.3, -0.25) is 4.63 Å². The van der Waals surface area contributed by atoms with Crippen molar-refractivity contribution < 1.29 is 17.9 Å². The van der Waals surface area contributed by atoms with Gasteiger partial charge in [0.05, 0.1) is 10.9 Å². The van der Waals surface area contributed by atoms with Crippen LogP contribution in [-0.2, 0) is 9.84 Å². The fraction of sp³-hybridized carbons (Fsp3) is 0.600. The monoisotopic (exact) mass is 192 g/mol. The molecule has 0 spiro atoms. The van der Waals surface area contributed by atoms with Gasteiger partial charge >= 0.3 is 5.03 Å². The van der Waals surface area contributed by atoms with Gasteiger partial charge in [0.2, 0.25) is 15.5 Å². The van der Waals surface area contributed by atoms with Crippen LogP contribution in [0.4, 0.5) is 0 Å². The second kappa shape index (κ2) is 2.74. The molecule has 1 rings (SSSR count). The van der Waals surface area contributed by atoms with Crippen LogP contribution in [0.5, 0.6) is 0 Å². The second-order valence-corrected chi connectivity index (χ2v) is 4.42. The molecule has 68 valence electrons. The lowest BCUT2D eigenvalue weighted by molar-refractivity contribution is -0.807. The van der Waals surface area contributed by atoms with Gasteiger partial charge in [0.1, 0.15) is 0 Å². The highest BCUT2D eigenvalue weighted by Gasteiger charge is 2.27. The maximum atomic E-state index is 11.2. The summed E-state index contributed by atoms with van der Waals surface area (Å²) in [6, 6.07) is 0. The second-order valence-electron chi connectivity index (χ2n) is 2.22. The van der Waals surface area contributed by atoms with Crippen molar-refractivity contribution >= 4 is 9.84 Å². The Balaban J connectivity index is 3.30. The van der Waals surface area contributed by atoms with Crippen molar-refractivity contribution in [1.82, 2.24) is 5.16 Å². The number of rotatable bonds is 2. The standard InChI is InChI=1S/C5H8N2O4S/c1-3-12(9,10)5-4(2)7(8)11-6-5/h3H2,1-2H3. The summed E-state index contributed by atoms with van der Waals surface area (Å²) >= 11 is 0. The molecule has 0 fully saturated rings. The highest BCUT2D eigenvalue weighted by Crippen LogP contribution is 2.09. The van der Waals surface area contributed by atoms with Crippen LogP contribution in [0.2, 0.25) is 0 Å². The molecule has 7 heteroatoms. The Kier molecular flexibility index (Phi) is 2.05. The molecule has 0 radical (unpaired) electrons. The van der Waals surface area contributed by atoms with Gasteiger partial charge in [-0.15, -0.1) is 0 Å². The summed E-state index contributed by atoms with van der Waals surface area (Å²) in [6.07, 6.45) is 0. The van der Waals surface area contributed by atoms with Crippen molar-refractivity contribution in [3.05, 3.63) is 10.9 Å². The molecule has 0 amide bonds. The van der Waals surface area contributed by atoms with Crippen LogP contribution in [-0.4, -0.2) is 19.3 Å². The quantitative estimate of drug-likeness (QED) is 0.584. The average Bonchev–Trinajstić information content (AvgIpc) is 2.33. The first kappa shape index (κ1) is 8.98. The molecule has 0 aromatic carbocycles. The summed E-state index contributed by atoms with van der Waals surface area (Å²) in [5, 5.41) is 13.5. The summed E-state index contributed by atoms with van der Waals surface area (Å²) in [5.41, 5.74) is -0.0307. The van der Waals surface area contributed by atoms with Crippen LogP contribution >= 0.6 is 0 Å². The predicted octanol–water partition coefficient (Wildman–Crippen LogP) is -0.590. The van der Waals surface area contributed by atoms with Gasteiger partial charge in [0, 0.05) is 6.92 Å². The minimum Gasteiger partial charge on any atom is -0.359 e. The normalized spacial score (nSPS) is 11.8. The molecular formula is C5H8N2O4S. The molecule has 0 N–H and O–H groups in total. The largest absolute Gasteiger partial charge is 0.359 e. The zero-order chi connectivity index (χ0) is 9.35. The third kappa shape index (κ3) is 1.27. The van der Waals surface area contributed by atoms with Crippen LogP contribution in [0, 0.1) is 12.1 Å². The van der Waals surface area contributed by atoms with Crippen LogP contribution in [0.25, 0.3) is 0 Å². The number of hydrogen-bond acceptors (Lipinski definition) is 5. The summed E-state index contributed by atoms with van der Waals surface area (Å²) < 4.78 is 26.4. The summed E-state index contributed by atoms with van der Waals surface area (Å²) in [6.45, 7) is 2.81. The maximum Gasteiger partial charge on any atom is 0.334 e. The van der Waals surface area contributed by atoms with Gasteiger partial charge in [-0.1, -0.05) is 6.92 Å². The summed E-state index contributed by atoms with van der Waals surface area (Å²) in [4.78, 5) is 0.0720. The summed E-state index contributed by atoms with van der Waals surface area (Å²) in [7, 11) is -3.43. The Bertz CT molecular complexity index is 380. The Hall–Kier alpha value is -1.11. The van der Waals surface area contributed by atoms with E-state index in [-0.39, 0.29) is 21.4 Å². The maximum absolute atomic E-state index is 11.2. The molecule has 6 nitrogen and oxygen atoms in total. The SMILES string of the molecule is CCS(=O)(=O)c1no[n+]([O-])c1C. The van der Waals surface area contributed by atoms with E-state index in [0.29, 0.717) is 0 Å². The first-order chi connectivity index (χ1) is 5.49. The number of sulfone groups is 1. The molecule has 0 atom stereocenters. The zero-order valence-corrected chi connectivity index (χ0v) is 7.46. The third-order valence-corrected chi connectivity index (χ3v) is 3.18. The van der Waals surface area contributed by atoms with E-state index in [1.807, 2.05) is 0 Å². The molecule has 0 aliphatic heterocycles. The fourth-order valence-electron chi connectivity index (χ4n) is 0.698. The minimum atomic E-state index is -3.43. The van der Waals surface area contributed by atoms with Gasteiger partial charge in [-0.05, 0) is 4.90 Å². The van der Waals surface area contributed by atoms with Crippen molar-refractivity contribution in [1.29, 1.82) is 0 Å².